The van der Waals surface area contributed by atoms with Crippen molar-refractivity contribution >= 4 is 17.8 Å². The first kappa shape index (κ1) is 21.7. The van der Waals surface area contributed by atoms with Crippen LogP contribution < -0.4 is 10.1 Å². The molecule has 1 spiro atoms. The number of halogens is 1. The van der Waals surface area contributed by atoms with Crippen LogP contribution in [-0.2, 0) is 19.1 Å². The van der Waals surface area contributed by atoms with Crippen LogP contribution in [0.25, 0.3) is 0 Å². The molecule has 2 aliphatic rings. The quantitative estimate of drug-likeness (QED) is 0.698. The second kappa shape index (κ2) is 8.93. The van der Waals surface area contributed by atoms with Gasteiger partial charge in [-0.15, -0.1) is 0 Å². The Bertz CT molecular complexity index is 1020. The molecular formula is C22H21FN2O7. The van der Waals surface area contributed by atoms with Gasteiger partial charge in [-0.1, -0.05) is 6.07 Å². The Morgan fingerprint density at radius 2 is 1.84 bits per heavy atom. The highest BCUT2D eigenvalue weighted by Gasteiger charge is 2.52. The number of hydrogen-bond donors (Lipinski definition) is 2. The summed E-state index contributed by atoms with van der Waals surface area (Å²) in [6.07, 6.45) is 0.0325. The van der Waals surface area contributed by atoms with Gasteiger partial charge < -0.3 is 29.5 Å². The third kappa shape index (κ3) is 4.71. The number of carbonyl (C=O) groups is 3. The predicted octanol–water partition coefficient (Wildman–Crippen LogP) is 1.78. The van der Waals surface area contributed by atoms with Crippen LogP contribution in [0, 0.1) is 5.82 Å². The van der Waals surface area contributed by atoms with Gasteiger partial charge in [-0.3, -0.25) is 9.59 Å². The van der Waals surface area contributed by atoms with E-state index in [9.17, 15) is 23.9 Å². The third-order valence-corrected chi connectivity index (χ3v) is 5.26. The molecule has 2 fully saturated rings. The van der Waals surface area contributed by atoms with Crippen molar-refractivity contribution < 1.29 is 38.1 Å². The molecule has 2 N–H and O–H groups in total. The van der Waals surface area contributed by atoms with E-state index >= 15 is 0 Å². The van der Waals surface area contributed by atoms with E-state index in [0.29, 0.717) is 24.7 Å². The van der Waals surface area contributed by atoms with E-state index in [1.165, 1.54) is 30.3 Å². The third-order valence-electron chi connectivity index (χ3n) is 5.26. The summed E-state index contributed by atoms with van der Waals surface area (Å²) in [7, 11) is 0. The summed E-state index contributed by atoms with van der Waals surface area (Å²) in [5.41, 5.74) is 0.243. The molecule has 168 valence electrons. The number of benzene rings is 2. The molecule has 0 bridgehead atoms. The van der Waals surface area contributed by atoms with Gasteiger partial charge in [0.2, 0.25) is 5.91 Å². The molecule has 0 saturated carbocycles. The Morgan fingerprint density at radius 3 is 2.53 bits per heavy atom. The lowest BCUT2D eigenvalue weighted by Crippen LogP contribution is -2.46. The van der Waals surface area contributed by atoms with Crippen molar-refractivity contribution in [1.82, 2.24) is 10.2 Å². The number of amides is 2. The summed E-state index contributed by atoms with van der Waals surface area (Å²) in [4.78, 5) is 37.9. The van der Waals surface area contributed by atoms with Gasteiger partial charge in [-0.25, -0.2) is 9.18 Å². The monoisotopic (exact) mass is 444 g/mol. The summed E-state index contributed by atoms with van der Waals surface area (Å²) in [6.45, 7) is 0.268. The Labute approximate surface area is 182 Å². The van der Waals surface area contributed by atoms with Crippen LogP contribution in [0.3, 0.4) is 0 Å². The number of carboxylic acid groups (broad SMARTS) is 1. The van der Waals surface area contributed by atoms with Crippen LogP contribution in [-0.4, -0.2) is 65.9 Å². The number of ether oxygens (including phenoxy) is 3. The van der Waals surface area contributed by atoms with Crippen molar-refractivity contribution in [3.63, 3.8) is 0 Å². The van der Waals surface area contributed by atoms with E-state index in [-0.39, 0.29) is 25.1 Å². The van der Waals surface area contributed by atoms with Crippen LogP contribution in [0.1, 0.15) is 16.8 Å². The second-order valence-corrected chi connectivity index (χ2v) is 7.45. The minimum atomic E-state index is -1.16. The average Bonchev–Trinajstić information content (AvgIpc) is 3.41. The molecule has 0 aromatic heterocycles. The fourth-order valence-electron chi connectivity index (χ4n) is 3.73. The number of hydrogen-bond acceptors (Lipinski definition) is 6. The van der Waals surface area contributed by atoms with Gasteiger partial charge in [0.25, 0.3) is 5.91 Å². The average molecular weight is 444 g/mol. The predicted molar refractivity (Wildman–Crippen MR) is 108 cm³/mol. The lowest BCUT2D eigenvalue weighted by atomic mass is 10.1. The highest BCUT2D eigenvalue weighted by molar-refractivity contribution is 5.97. The van der Waals surface area contributed by atoms with Gasteiger partial charge in [0.05, 0.1) is 26.3 Å². The number of rotatable bonds is 6. The number of carbonyl (C=O) groups excluding carboxylic acids is 2. The normalized spacial score (nSPS) is 19.2. The summed E-state index contributed by atoms with van der Waals surface area (Å²) >= 11 is 0. The SMILES string of the molecule is O=C(NCC(=O)N1CC2(C[C@H]1C(=O)O)OCCO2)c1cccc(Oc2ccc(F)cc2)c1. The Kier molecular flexibility index (Phi) is 6.06. The molecule has 9 nitrogen and oxygen atoms in total. The molecule has 2 saturated heterocycles. The van der Waals surface area contributed by atoms with Crippen LogP contribution in [0.4, 0.5) is 4.39 Å². The first-order chi connectivity index (χ1) is 15.3. The smallest absolute Gasteiger partial charge is 0.326 e. The number of nitrogens with zero attached hydrogens (tertiary/aromatic N) is 1. The first-order valence-electron chi connectivity index (χ1n) is 9.97. The van der Waals surface area contributed by atoms with Crippen molar-refractivity contribution in [2.24, 2.45) is 0 Å². The largest absolute Gasteiger partial charge is 0.480 e. The van der Waals surface area contributed by atoms with Gasteiger partial charge in [0.1, 0.15) is 23.4 Å². The van der Waals surface area contributed by atoms with Crippen LogP contribution in [0.5, 0.6) is 11.5 Å². The highest BCUT2D eigenvalue weighted by Crippen LogP contribution is 2.34. The van der Waals surface area contributed by atoms with Gasteiger partial charge in [0.15, 0.2) is 5.79 Å². The molecule has 4 rings (SSSR count). The molecule has 2 aliphatic heterocycles. The Balaban J connectivity index is 1.37. The molecule has 2 heterocycles. The molecular weight excluding hydrogens is 423 g/mol. The maximum Gasteiger partial charge on any atom is 0.326 e. The minimum absolute atomic E-state index is 0.0142. The van der Waals surface area contributed by atoms with Crippen molar-refractivity contribution in [2.45, 2.75) is 18.2 Å². The molecule has 32 heavy (non-hydrogen) atoms. The lowest BCUT2D eigenvalue weighted by molar-refractivity contribution is -0.152. The zero-order chi connectivity index (χ0) is 22.7. The summed E-state index contributed by atoms with van der Waals surface area (Å²) in [5.74, 6) is -2.98. The van der Waals surface area contributed by atoms with E-state index in [4.69, 9.17) is 14.2 Å². The van der Waals surface area contributed by atoms with E-state index < -0.39 is 35.4 Å². The van der Waals surface area contributed by atoms with Gasteiger partial charge in [-0.2, -0.15) is 0 Å². The van der Waals surface area contributed by atoms with Crippen LogP contribution in [0.15, 0.2) is 48.5 Å². The van der Waals surface area contributed by atoms with Gasteiger partial charge in [0, 0.05) is 12.0 Å². The summed E-state index contributed by atoms with van der Waals surface area (Å²) < 4.78 is 29.7. The van der Waals surface area contributed by atoms with Gasteiger partial charge in [-0.05, 0) is 42.5 Å². The molecule has 0 unspecified atom stereocenters. The van der Waals surface area contributed by atoms with Crippen LogP contribution in [0.2, 0.25) is 0 Å². The minimum Gasteiger partial charge on any atom is -0.480 e. The van der Waals surface area contributed by atoms with Gasteiger partial charge >= 0.3 is 5.97 Å². The second-order valence-electron chi connectivity index (χ2n) is 7.45. The van der Waals surface area contributed by atoms with Crippen molar-refractivity contribution in [1.29, 1.82) is 0 Å². The lowest BCUT2D eigenvalue weighted by Gasteiger charge is -2.23. The zero-order valence-corrected chi connectivity index (χ0v) is 17.0. The summed E-state index contributed by atoms with van der Waals surface area (Å²) in [6, 6.07) is 10.6. The van der Waals surface area contributed by atoms with Crippen molar-refractivity contribution in [3.8, 4) is 11.5 Å². The van der Waals surface area contributed by atoms with E-state index in [1.807, 2.05) is 0 Å². The molecule has 1 atom stereocenters. The number of nitrogens with one attached hydrogen (secondary N) is 1. The molecule has 2 aromatic carbocycles. The number of carboxylic acids is 1. The van der Waals surface area contributed by atoms with Crippen molar-refractivity contribution in [2.75, 3.05) is 26.3 Å². The Hall–Kier alpha value is -3.50. The molecule has 2 aromatic rings. The number of likely N-dealkylation sites (tertiary alicyclic amines) is 1. The van der Waals surface area contributed by atoms with Crippen molar-refractivity contribution in [3.05, 3.63) is 59.9 Å². The molecule has 0 aliphatic carbocycles. The topological polar surface area (TPSA) is 114 Å². The molecule has 10 heteroatoms. The zero-order valence-electron chi connectivity index (χ0n) is 17.0. The first-order valence-corrected chi connectivity index (χ1v) is 9.97. The highest BCUT2D eigenvalue weighted by atomic mass is 19.1. The Morgan fingerprint density at radius 1 is 1.12 bits per heavy atom. The fourth-order valence-corrected chi connectivity index (χ4v) is 3.73. The molecule has 0 radical (unpaired) electrons. The van der Waals surface area contributed by atoms with E-state index in [1.54, 1.807) is 18.2 Å². The summed E-state index contributed by atoms with van der Waals surface area (Å²) in [5, 5.41) is 12.0. The van der Waals surface area contributed by atoms with Crippen LogP contribution >= 0.6 is 0 Å². The van der Waals surface area contributed by atoms with E-state index in [2.05, 4.69) is 5.32 Å². The maximum atomic E-state index is 13.0. The standard InChI is InChI=1S/C22H21FN2O7/c23-15-4-6-16(7-5-15)32-17-3-1-2-14(10-17)20(27)24-12-19(26)25-13-22(30-8-9-31-22)11-18(25)21(28)29/h1-7,10,18H,8-9,11-13H2,(H,24,27)(H,28,29)/t18-/m0/s1. The number of aliphatic carboxylic acids is 1. The maximum absolute atomic E-state index is 13.0. The molecule has 2 amide bonds. The van der Waals surface area contributed by atoms with E-state index in [0.717, 1.165) is 4.90 Å². The fraction of sp³-hybridized carbons (Fsp3) is 0.318.